The lowest BCUT2D eigenvalue weighted by molar-refractivity contribution is 0.293. The molecule has 0 heterocycles. The largest absolute Gasteiger partial charge is 0.494 e. The van der Waals surface area contributed by atoms with Crippen LogP contribution in [0.2, 0.25) is 0 Å². The van der Waals surface area contributed by atoms with Gasteiger partial charge in [-0.1, -0.05) is 12.5 Å². The molecule has 0 saturated carbocycles. The van der Waals surface area contributed by atoms with Crippen molar-refractivity contribution in [3.05, 3.63) is 46.7 Å². The SMILES string of the molecule is CCOc1ccc(OCC)c([C@H]2[C@H]3CCCCC=C3C(C#N)=C(N)C2(C#N)C#N)c1. The number of fused-ring (bicyclic) bond motifs is 1. The number of rotatable bonds is 5. The molecule has 0 saturated heterocycles. The van der Waals surface area contributed by atoms with Gasteiger partial charge in [0.25, 0.3) is 0 Å². The van der Waals surface area contributed by atoms with E-state index < -0.39 is 11.3 Å². The van der Waals surface area contributed by atoms with Crippen molar-refractivity contribution in [1.29, 1.82) is 15.8 Å². The van der Waals surface area contributed by atoms with E-state index in [1.165, 1.54) is 0 Å². The van der Waals surface area contributed by atoms with Gasteiger partial charge in [-0.05, 0) is 62.8 Å². The Bertz CT molecular complexity index is 990. The summed E-state index contributed by atoms with van der Waals surface area (Å²) in [4.78, 5) is 0. The minimum atomic E-state index is -1.66. The third-order valence-electron chi connectivity index (χ3n) is 5.98. The van der Waals surface area contributed by atoms with Gasteiger partial charge < -0.3 is 15.2 Å². The van der Waals surface area contributed by atoms with Gasteiger partial charge in [-0.15, -0.1) is 0 Å². The Morgan fingerprint density at radius 3 is 2.47 bits per heavy atom. The Balaban J connectivity index is 2.35. The maximum absolute atomic E-state index is 10.2. The van der Waals surface area contributed by atoms with Crippen molar-refractivity contribution in [3.63, 3.8) is 0 Å². The zero-order valence-corrected chi connectivity index (χ0v) is 17.4. The average molecular weight is 402 g/mol. The van der Waals surface area contributed by atoms with Crippen LogP contribution in [0.25, 0.3) is 0 Å². The van der Waals surface area contributed by atoms with Gasteiger partial charge in [0.1, 0.15) is 17.6 Å². The predicted octanol–water partition coefficient (Wildman–Crippen LogP) is 4.47. The molecule has 1 aromatic rings. The molecule has 0 aliphatic heterocycles. The van der Waals surface area contributed by atoms with Crippen LogP contribution in [0, 0.1) is 45.3 Å². The maximum Gasteiger partial charge on any atom is 0.191 e. The van der Waals surface area contributed by atoms with Crippen LogP contribution in [-0.4, -0.2) is 13.2 Å². The van der Waals surface area contributed by atoms with Crippen LogP contribution in [0.1, 0.15) is 51.0 Å². The molecular weight excluding hydrogens is 376 g/mol. The Hall–Kier alpha value is -3.43. The Labute approximate surface area is 177 Å². The van der Waals surface area contributed by atoms with Crippen molar-refractivity contribution < 1.29 is 9.47 Å². The summed E-state index contributed by atoms with van der Waals surface area (Å²) in [6.07, 6.45) is 5.61. The third kappa shape index (κ3) is 3.38. The van der Waals surface area contributed by atoms with Gasteiger partial charge in [0.15, 0.2) is 5.41 Å². The Kier molecular flexibility index (Phi) is 6.34. The van der Waals surface area contributed by atoms with Crippen LogP contribution in [0.4, 0.5) is 0 Å². The molecule has 0 unspecified atom stereocenters. The van der Waals surface area contributed by atoms with E-state index >= 15 is 0 Å². The third-order valence-corrected chi connectivity index (χ3v) is 5.98. The van der Waals surface area contributed by atoms with E-state index in [9.17, 15) is 15.8 Å². The molecule has 30 heavy (non-hydrogen) atoms. The lowest BCUT2D eigenvalue weighted by Gasteiger charge is -2.42. The zero-order valence-electron chi connectivity index (χ0n) is 17.4. The van der Waals surface area contributed by atoms with Crippen LogP contribution in [0.15, 0.2) is 41.1 Å². The molecule has 6 nitrogen and oxygen atoms in total. The highest BCUT2D eigenvalue weighted by Gasteiger charge is 2.54. The van der Waals surface area contributed by atoms with Gasteiger partial charge in [-0.25, -0.2) is 0 Å². The van der Waals surface area contributed by atoms with E-state index in [-0.39, 0.29) is 17.2 Å². The maximum atomic E-state index is 10.2. The van der Waals surface area contributed by atoms with Gasteiger partial charge in [0.05, 0.1) is 36.6 Å². The summed E-state index contributed by atoms with van der Waals surface area (Å²) in [6.45, 7) is 4.73. The van der Waals surface area contributed by atoms with Crippen LogP contribution in [0.3, 0.4) is 0 Å². The number of allylic oxidation sites excluding steroid dienone is 4. The number of nitrogens with zero attached hydrogens (tertiary/aromatic N) is 3. The summed E-state index contributed by atoms with van der Waals surface area (Å²) < 4.78 is 11.6. The second-order valence-electron chi connectivity index (χ2n) is 7.53. The fourth-order valence-electron chi connectivity index (χ4n) is 4.70. The second-order valence-corrected chi connectivity index (χ2v) is 7.53. The molecule has 0 amide bonds. The minimum Gasteiger partial charge on any atom is -0.494 e. The van der Waals surface area contributed by atoms with Crippen LogP contribution < -0.4 is 15.2 Å². The van der Waals surface area contributed by atoms with Crippen molar-refractivity contribution in [1.82, 2.24) is 0 Å². The number of hydrogen-bond donors (Lipinski definition) is 1. The number of nitriles is 3. The summed E-state index contributed by atoms with van der Waals surface area (Å²) in [5.74, 6) is 0.520. The Morgan fingerprint density at radius 1 is 1.10 bits per heavy atom. The van der Waals surface area contributed by atoms with Crippen LogP contribution >= 0.6 is 0 Å². The molecule has 6 heteroatoms. The van der Waals surface area contributed by atoms with Crippen molar-refractivity contribution in [3.8, 4) is 29.7 Å². The molecule has 2 atom stereocenters. The summed E-state index contributed by atoms with van der Waals surface area (Å²) in [6, 6.07) is 12.1. The Morgan fingerprint density at radius 2 is 1.83 bits per heavy atom. The summed E-state index contributed by atoms with van der Waals surface area (Å²) in [7, 11) is 0. The highest BCUT2D eigenvalue weighted by atomic mass is 16.5. The fourth-order valence-corrected chi connectivity index (χ4v) is 4.70. The molecule has 0 spiro atoms. The van der Waals surface area contributed by atoms with E-state index in [2.05, 4.69) is 24.3 Å². The first kappa shape index (κ1) is 21.3. The number of nitrogens with two attached hydrogens (primary N) is 1. The zero-order chi connectivity index (χ0) is 21.7. The van der Waals surface area contributed by atoms with Gasteiger partial charge in [0, 0.05) is 11.5 Å². The molecule has 2 aliphatic rings. The van der Waals surface area contributed by atoms with E-state index in [0.29, 0.717) is 24.7 Å². The van der Waals surface area contributed by atoms with Gasteiger partial charge in [0.2, 0.25) is 0 Å². The molecule has 0 bridgehead atoms. The molecule has 2 aliphatic carbocycles. The van der Waals surface area contributed by atoms with E-state index in [1.807, 2.05) is 32.0 Å². The summed E-state index contributed by atoms with van der Waals surface area (Å²) in [5, 5.41) is 30.3. The molecule has 1 aromatic carbocycles. The average Bonchev–Trinajstić information content (AvgIpc) is 3.00. The smallest absolute Gasteiger partial charge is 0.191 e. The van der Waals surface area contributed by atoms with Gasteiger partial charge >= 0.3 is 0 Å². The number of hydrogen-bond acceptors (Lipinski definition) is 6. The highest BCUT2D eigenvalue weighted by molar-refractivity contribution is 5.60. The molecule has 0 fully saturated rings. The quantitative estimate of drug-likeness (QED) is 0.777. The van der Waals surface area contributed by atoms with Crippen LogP contribution in [0.5, 0.6) is 11.5 Å². The molecule has 154 valence electrons. The molecule has 0 radical (unpaired) electrons. The standard InChI is InChI=1S/C24H26N4O2/c1-3-29-16-10-11-21(30-4-2)19(12-16)22-18-9-7-5-6-8-17(18)20(13-25)23(28)24(22,14-26)15-27/h8,10-12,18,22H,3-7,9,28H2,1-2H3/t18-,22+/m0/s1. The molecule has 3 rings (SSSR count). The lowest BCUT2D eigenvalue weighted by Crippen LogP contribution is -2.42. The molecule has 2 N–H and O–H groups in total. The highest BCUT2D eigenvalue weighted by Crippen LogP contribution is 2.57. The summed E-state index contributed by atoms with van der Waals surface area (Å²) in [5.41, 5.74) is 6.63. The van der Waals surface area contributed by atoms with Crippen molar-refractivity contribution >= 4 is 0 Å². The normalized spacial score (nSPS) is 22.4. The van der Waals surface area contributed by atoms with E-state index in [4.69, 9.17) is 15.2 Å². The monoisotopic (exact) mass is 402 g/mol. The van der Waals surface area contributed by atoms with Crippen LogP contribution in [-0.2, 0) is 0 Å². The lowest BCUT2D eigenvalue weighted by atomic mass is 9.58. The van der Waals surface area contributed by atoms with E-state index in [1.54, 1.807) is 0 Å². The predicted molar refractivity (Wildman–Crippen MR) is 112 cm³/mol. The number of ether oxygens (including phenoxy) is 2. The first-order valence-electron chi connectivity index (χ1n) is 10.4. The molecular formula is C24H26N4O2. The van der Waals surface area contributed by atoms with Crippen molar-refractivity contribution in [2.75, 3.05) is 13.2 Å². The van der Waals surface area contributed by atoms with Gasteiger partial charge in [-0.2, -0.15) is 15.8 Å². The number of benzene rings is 1. The topological polar surface area (TPSA) is 116 Å². The first-order chi connectivity index (χ1) is 14.6. The van der Waals surface area contributed by atoms with Gasteiger partial charge in [-0.3, -0.25) is 0 Å². The fraction of sp³-hybridized carbons (Fsp3) is 0.458. The second kappa shape index (κ2) is 8.93. The van der Waals surface area contributed by atoms with E-state index in [0.717, 1.165) is 36.8 Å². The first-order valence-corrected chi connectivity index (χ1v) is 10.4. The molecule has 0 aromatic heterocycles. The van der Waals surface area contributed by atoms with Crippen molar-refractivity contribution in [2.24, 2.45) is 17.1 Å². The van der Waals surface area contributed by atoms with Crippen molar-refractivity contribution in [2.45, 2.75) is 45.4 Å². The minimum absolute atomic E-state index is 0.0358. The summed E-state index contributed by atoms with van der Waals surface area (Å²) >= 11 is 0.